The van der Waals surface area contributed by atoms with Gasteiger partial charge < -0.3 is 19.9 Å². The van der Waals surface area contributed by atoms with Crippen molar-refractivity contribution in [2.45, 2.75) is 26.8 Å². The van der Waals surface area contributed by atoms with Crippen LogP contribution in [0.25, 0.3) is 22.2 Å². The summed E-state index contributed by atoms with van der Waals surface area (Å²) in [6, 6.07) is 0.00512. The molecule has 3 aromatic heterocycles. The fourth-order valence-corrected chi connectivity index (χ4v) is 3.39. The number of H-pyrrole nitrogens is 1. The molecule has 0 amide bonds. The van der Waals surface area contributed by atoms with E-state index >= 15 is 0 Å². The molecule has 1 saturated heterocycles. The van der Waals surface area contributed by atoms with Gasteiger partial charge in [-0.05, 0) is 12.8 Å². The molecule has 3 aromatic rings. The van der Waals surface area contributed by atoms with E-state index in [1.54, 1.807) is 17.0 Å². The Kier molecular flexibility index (Phi) is 4.76. The summed E-state index contributed by atoms with van der Waals surface area (Å²) in [5.41, 5.74) is 7.84. The maximum atomic E-state index is 13.0. The SMILES string of the molecule is CC(C)[C@H](C)n1cc(-c2cnc(N3CCOCC3)cn2)c2[nH]nc(N)c2c1=O. The molecule has 0 radical (unpaired) electrons. The van der Waals surface area contributed by atoms with Crippen LogP contribution in [-0.2, 0) is 4.74 Å². The Hall–Kier alpha value is -2.94. The second-order valence-electron chi connectivity index (χ2n) is 7.46. The van der Waals surface area contributed by atoms with Crippen LogP contribution in [0.4, 0.5) is 11.6 Å². The summed E-state index contributed by atoms with van der Waals surface area (Å²) in [5, 5.41) is 7.33. The predicted molar refractivity (Wildman–Crippen MR) is 108 cm³/mol. The van der Waals surface area contributed by atoms with Gasteiger partial charge in [0.1, 0.15) is 11.2 Å². The Bertz CT molecular complexity index is 1030. The van der Waals surface area contributed by atoms with Crippen molar-refractivity contribution in [1.29, 1.82) is 0 Å². The van der Waals surface area contributed by atoms with E-state index in [2.05, 4.69) is 38.9 Å². The molecule has 9 nitrogen and oxygen atoms in total. The molecule has 1 aliphatic rings. The van der Waals surface area contributed by atoms with Crippen LogP contribution in [-0.4, -0.2) is 51.0 Å². The van der Waals surface area contributed by atoms with E-state index in [1.807, 2.05) is 13.1 Å². The van der Waals surface area contributed by atoms with E-state index in [0.29, 0.717) is 29.8 Å². The van der Waals surface area contributed by atoms with E-state index in [4.69, 9.17) is 10.5 Å². The summed E-state index contributed by atoms with van der Waals surface area (Å²) in [4.78, 5) is 24.3. The van der Waals surface area contributed by atoms with Gasteiger partial charge in [0.2, 0.25) is 0 Å². The maximum absolute atomic E-state index is 13.0. The highest BCUT2D eigenvalue weighted by Crippen LogP contribution is 2.28. The van der Waals surface area contributed by atoms with E-state index < -0.39 is 0 Å². The second kappa shape index (κ2) is 7.23. The lowest BCUT2D eigenvalue weighted by Gasteiger charge is -2.27. The zero-order valence-corrected chi connectivity index (χ0v) is 16.3. The highest BCUT2D eigenvalue weighted by Gasteiger charge is 2.21. The van der Waals surface area contributed by atoms with Gasteiger partial charge in [-0.15, -0.1) is 0 Å². The number of nitrogen functional groups attached to an aromatic ring is 1. The number of morpholine rings is 1. The van der Waals surface area contributed by atoms with Gasteiger partial charge in [0.15, 0.2) is 5.82 Å². The summed E-state index contributed by atoms with van der Waals surface area (Å²) in [6.45, 7) is 9.15. The number of pyridine rings is 1. The zero-order valence-electron chi connectivity index (χ0n) is 16.3. The van der Waals surface area contributed by atoms with Gasteiger partial charge in [-0.2, -0.15) is 5.10 Å². The Labute approximate surface area is 162 Å². The number of fused-ring (bicyclic) bond motifs is 1. The van der Waals surface area contributed by atoms with E-state index in [-0.39, 0.29) is 23.3 Å². The van der Waals surface area contributed by atoms with Crippen LogP contribution in [0.2, 0.25) is 0 Å². The van der Waals surface area contributed by atoms with Gasteiger partial charge in [-0.3, -0.25) is 14.9 Å². The Balaban J connectivity index is 1.81. The number of rotatable bonds is 4. The van der Waals surface area contributed by atoms with Crippen LogP contribution < -0.4 is 16.2 Å². The van der Waals surface area contributed by atoms with Crippen molar-refractivity contribution >= 4 is 22.5 Å². The van der Waals surface area contributed by atoms with Crippen molar-refractivity contribution in [3.05, 3.63) is 28.9 Å². The fourth-order valence-electron chi connectivity index (χ4n) is 3.39. The van der Waals surface area contributed by atoms with Gasteiger partial charge >= 0.3 is 0 Å². The third-order valence-corrected chi connectivity index (χ3v) is 5.43. The number of nitrogens with two attached hydrogens (primary N) is 1. The first-order valence-electron chi connectivity index (χ1n) is 9.51. The summed E-state index contributed by atoms with van der Waals surface area (Å²) < 4.78 is 7.10. The lowest BCUT2D eigenvalue weighted by molar-refractivity contribution is 0.122. The second-order valence-corrected chi connectivity index (χ2v) is 7.46. The smallest absolute Gasteiger partial charge is 0.264 e. The average molecular weight is 383 g/mol. The largest absolute Gasteiger partial charge is 0.382 e. The lowest BCUT2D eigenvalue weighted by atomic mass is 10.0. The number of nitrogens with zero attached hydrogens (tertiary/aromatic N) is 5. The standard InChI is InChI=1S/C19H25N7O2/c1-11(2)12(3)26-10-13(17-16(19(26)27)18(20)24-23-17)14-8-22-15(9-21-14)25-4-6-28-7-5-25/h8-12H,4-7H2,1-3H3,(H3,20,23,24)/t12-/m0/s1. The third-order valence-electron chi connectivity index (χ3n) is 5.43. The normalized spacial score (nSPS) is 16.1. The zero-order chi connectivity index (χ0) is 19.8. The van der Waals surface area contributed by atoms with Crippen LogP contribution in [0.5, 0.6) is 0 Å². The highest BCUT2D eigenvalue weighted by molar-refractivity contribution is 5.97. The number of aromatic amines is 1. The minimum Gasteiger partial charge on any atom is -0.382 e. The molecule has 28 heavy (non-hydrogen) atoms. The Morgan fingerprint density at radius 1 is 1.18 bits per heavy atom. The minimum atomic E-state index is -0.149. The lowest BCUT2D eigenvalue weighted by Crippen LogP contribution is -2.36. The summed E-state index contributed by atoms with van der Waals surface area (Å²) >= 11 is 0. The van der Waals surface area contributed by atoms with Crippen molar-refractivity contribution in [2.24, 2.45) is 5.92 Å². The first kappa shape index (κ1) is 18.4. The molecule has 0 bridgehead atoms. The van der Waals surface area contributed by atoms with Crippen molar-refractivity contribution in [2.75, 3.05) is 36.9 Å². The molecular formula is C19H25N7O2. The average Bonchev–Trinajstić information content (AvgIpc) is 3.11. The van der Waals surface area contributed by atoms with Crippen molar-refractivity contribution < 1.29 is 4.74 Å². The van der Waals surface area contributed by atoms with E-state index in [0.717, 1.165) is 24.5 Å². The molecule has 0 aromatic carbocycles. The number of hydrogen-bond donors (Lipinski definition) is 2. The number of ether oxygens (including phenoxy) is 1. The predicted octanol–water partition coefficient (Wildman–Crippen LogP) is 1.82. The summed E-state index contributed by atoms with van der Waals surface area (Å²) in [5.74, 6) is 1.30. The van der Waals surface area contributed by atoms with Gasteiger partial charge in [0, 0.05) is 30.9 Å². The van der Waals surface area contributed by atoms with Gasteiger partial charge in [-0.25, -0.2) is 4.98 Å². The van der Waals surface area contributed by atoms with Gasteiger partial charge in [-0.1, -0.05) is 13.8 Å². The van der Waals surface area contributed by atoms with E-state index in [9.17, 15) is 4.79 Å². The molecule has 1 aliphatic heterocycles. The first-order chi connectivity index (χ1) is 13.5. The maximum Gasteiger partial charge on any atom is 0.264 e. The Morgan fingerprint density at radius 2 is 1.93 bits per heavy atom. The molecule has 4 rings (SSSR count). The molecule has 0 saturated carbocycles. The quantitative estimate of drug-likeness (QED) is 0.706. The first-order valence-corrected chi connectivity index (χ1v) is 9.51. The number of hydrogen-bond acceptors (Lipinski definition) is 7. The molecule has 0 spiro atoms. The highest BCUT2D eigenvalue weighted by atomic mass is 16.5. The van der Waals surface area contributed by atoms with Crippen LogP contribution in [0, 0.1) is 5.92 Å². The summed E-state index contributed by atoms with van der Waals surface area (Å²) in [6.07, 6.45) is 5.31. The number of nitrogens with one attached hydrogen (secondary N) is 1. The van der Waals surface area contributed by atoms with Gasteiger partial charge in [0.25, 0.3) is 5.56 Å². The molecule has 3 N–H and O–H groups in total. The monoisotopic (exact) mass is 383 g/mol. The van der Waals surface area contributed by atoms with Crippen molar-refractivity contribution in [1.82, 2.24) is 24.7 Å². The molecule has 1 atom stereocenters. The molecule has 0 aliphatic carbocycles. The molecule has 9 heteroatoms. The van der Waals surface area contributed by atoms with E-state index in [1.165, 1.54) is 0 Å². The molecule has 4 heterocycles. The molecule has 0 unspecified atom stereocenters. The molecular weight excluding hydrogens is 358 g/mol. The van der Waals surface area contributed by atoms with Crippen LogP contribution in [0.1, 0.15) is 26.8 Å². The van der Waals surface area contributed by atoms with Crippen molar-refractivity contribution in [3.8, 4) is 11.3 Å². The summed E-state index contributed by atoms with van der Waals surface area (Å²) in [7, 11) is 0. The Morgan fingerprint density at radius 3 is 2.57 bits per heavy atom. The topological polar surface area (TPSA) is 115 Å². The minimum absolute atomic E-state index is 0.00512. The van der Waals surface area contributed by atoms with Gasteiger partial charge in [0.05, 0.1) is 36.8 Å². The number of aromatic nitrogens is 5. The molecule has 1 fully saturated rings. The fraction of sp³-hybridized carbons (Fsp3) is 0.474. The van der Waals surface area contributed by atoms with Crippen LogP contribution in [0.3, 0.4) is 0 Å². The van der Waals surface area contributed by atoms with Crippen LogP contribution >= 0.6 is 0 Å². The number of anilines is 2. The van der Waals surface area contributed by atoms with Crippen LogP contribution in [0.15, 0.2) is 23.4 Å². The third kappa shape index (κ3) is 3.11. The molecule has 148 valence electrons. The van der Waals surface area contributed by atoms with Crippen molar-refractivity contribution in [3.63, 3.8) is 0 Å².